The summed E-state index contributed by atoms with van der Waals surface area (Å²) < 4.78 is 5.81. The summed E-state index contributed by atoms with van der Waals surface area (Å²) in [6.07, 6.45) is 3.84. The first-order valence-electron chi connectivity index (χ1n) is 11.8. The van der Waals surface area contributed by atoms with E-state index in [1.807, 2.05) is 86.6 Å². The Labute approximate surface area is 201 Å². The summed E-state index contributed by atoms with van der Waals surface area (Å²) in [6.45, 7) is 2.42. The highest BCUT2D eigenvalue weighted by molar-refractivity contribution is 5.94. The molecule has 34 heavy (non-hydrogen) atoms. The summed E-state index contributed by atoms with van der Waals surface area (Å²) in [5.41, 5.74) is 1.77. The molecule has 1 aromatic heterocycles. The molecule has 0 atom stereocenters. The largest absolute Gasteiger partial charge is 0.489 e. The third kappa shape index (κ3) is 6.47. The molecular weight excluding hydrogens is 426 g/mol. The van der Waals surface area contributed by atoms with E-state index in [9.17, 15) is 4.79 Å². The Morgan fingerprint density at radius 2 is 1.65 bits per heavy atom. The van der Waals surface area contributed by atoms with E-state index in [1.54, 1.807) is 0 Å². The van der Waals surface area contributed by atoms with Gasteiger partial charge in [0.1, 0.15) is 29.8 Å². The highest BCUT2D eigenvalue weighted by atomic mass is 16.5. The van der Waals surface area contributed by atoms with Gasteiger partial charge >= 0.3 is 0 Å². The van der Waals surface area contributed by atoms with Crippen molar-refractivity contribution in [3.05, 3.63) is 77.6 Å². The van der Waals surface area contributed by atoms with Gasteiger partial charge in [-0.1, -0.05) is 30.3 Å². The Hall–Kier alpha value is -3.61. The quantitative estimate of drug-likeness (QED) is 0.513. The van der Waals surface area contributed by atoms with Crippen LogP contribution >= 0.6 is 0 Å². The van der Waals surface area contributed by atoms with Crippen molar-refractivity contribution < 1.29 is 9.53 Å². The van der Waals surface area contributed by atoms with E-state index < -0.39 is 0 Å². The van der Waals surface area contributed by atoms with Gasteiger partial charge in [-0.15, -0.1) is 0 Å². The number of carbonyl (C=O) groups is 1. The standard InChI is InChI=1S/C27H33N5O2/c1-19-28-25(17-26(29-19)32(2)3)30-22-11-13-23(14-12-22)31-27(33)21-9-15-24(16-10-21)34-18-20-7-5-4-6-8-20/h4-10,15-17,22-23H,11-14,18H2,1-3H3,(H,31,33)(H,28,29,30). The molecule has 0 saturated heterocycles. The van der Waals surface area contributed by atoms with Crippen molar-refractivity contribution in [1.82, 2.24) is 15.3 Å². The van der Waals surface area contributed by atoms with E-state index in [2.05, 4.69) is 20.6 Å². The van der Waals surface area contributed by atoms with Crippen LogP contribution in [0.25, 0.3) is 0 Å². The number of nitrogens with zero attached hydrogens (tertiary/aromatic N) is 3. The number of carbonyl (C=O) groups excluding carboxylic acids is 1. The van der Waals surface area contributed by atoms with E-state index in [1.165, 1.54) is 0 Å². The van der Waals surface area contributed by atoms with Gasteiger partial charge in [0.25, 0.3) is 5.91 Å². The van der Waals surface area contributed by atoms with Crippen LogP contribution in [0.4, 0.5) is 11.6 Å². The minimum atomic E-state index is -0.0342. The van der Waals surface area contributed by atoms with Crippen LogP contribution in [0.15, 0.2) is 60.7 Å². The third-order valence-electron chi connectivity index (χ3n) is 6.06. The molecule has 0 bridgehead atoms. The maximum Gasteiger partial charge on any atom is 0.251 e. The van der Waals surface area contributed by atoms with Crippen LogP contribution in [0.1, 0.15) is 47.4 Å². The van der Waals surface area contributed by atoms with Crippen LogP contribution in [-0.4, -0.2) is 42.1 Å². The zero-order valence-corrected chi connectivity index (χ0v) is 20.1. The average molecular weight is 460 g/mol. The Morgan fingerprint density at radius 1 is 0.971 bits per heavy atom. The zero-order valence-electron chi connectivity index (χ0n) is 20.1. The van der Waals surface area contributed by atoms with Gasteiger partial charge in [0.2, 0.25) is 0 Å². The third-order valence-corrected chi connectivity index (χ3v) is 6.06. The molecule has 7 nitrogen and oxygen atoms in total. The van der Waals surface area contributed by atoms with Crippen LogP contribution in [0, 0.1) is 6.92 Å². The van der Waals surface area contributed by atoms with Crippen molar-refractivity contribution in [2.45, 2.75) is 51.3 Å². The lowest BCUT2D eigenvalue weighted by molar-refractivity contribution is 0.0926. The predicted molar refractivity (Wildman–Crippen MR) is 135 cm³/mol. The first-order valence-corrected chi connectivity index (χ1v) is 11.8. The van der Waals surface area contributed by atoms with Crippen molar-refractivity contribution in [1.29, 1.82) is 0 Å². The molecule has 1 aliphatic rings. The molecule has 0 unspecified atom stereocenters. The number of rotatable bonds is 8. The number of aromatic nitrogens is 2. The van der Waals surface area contributed by atoms with Gasteiger partial charge < -0.3 is 20.3 Å². The minimum Gasteiger partial charge on any atom is -0.489 e. The number of amides is 1. The molecule has 178 valence electrons. The van der Waals surface area contributed by atoms with E-state index in [0.717, 1.165) is 54.5 Å². The van der Waals surface area contributed by atoms with E-state index in [-0.39, 0.29) is 11.9 Å². The van der Waals surface area contributed by atoms with Gasteiger partial charge in [0, 0.05) is 37.8 Å². The number of aryl methyl sites for hydroxylation is 1. The fourth-order valence-corrected chi connectivity index (χ4v) is 4.16. The highest BCUT2D eigenvalue weighted by Gasteiger charge is 2.23. The molecule has 1 saturated carbocycles. The highest BCUT2D eigenvalue weighted by Crippen LogP contribution is 2.23. The maximum atomic E-state index is 12.7. The van der Waals surface area contributed by atoms with Gasteiger partial charge in [-0.2, -0.15) is 0 Å². The summed E-state index contributed by atoms with van der Waals surface area (Å²) in [5, 5.41) is 6.74. The first-order chi connectivity index (χ1) is 16.5. The van der Waals surface area contributed by atoms with E-state index in [4.69, 9.17) is 4.74 Å². The average Bonchev–Trinajstić information content (AvgIpc) is 2.84. The molecule has 1 heterocycles. The molecule has 1 aliphatic carbocycles. The Bertz CT molecular complexity index is 1080. The Balaban J connectivity index is 1.23. The first kappa shape index (κ1) is 23.5. The molecule has 7 heteroatoms. The van der Waals surface area contributed by atoms with Crippen molar-refractivity contribution >= 4 is 17.5 Å². The molecule has 0 aliphatic heterocycles. The zero-order chi connectivity index (χ0) is 23.9. The summed E-state index contributed by atoms with van der Waals surface area (Å²) in [4.78, 5) is 23.7. The van der Waals surface area contributed by atoms with Crippen molar-refractivity contribution in [3.8, 4) is 5.75 Å². The topological polar surface area (TPSA) is 79.4 Å². The fraction of sp³-hybridized carbons (Fsp3) is 0.370. The lowest BCUT2D eigenvalue weighted by Gasteiger charge is -2.30. The molecule has 1 amide bonds. The monoisotopic (exact) mass is 459 g/mol. The summed E-state index contributed by atoms with van der Waals surface area (Å²) in [6, 6.07) is 19.9. The molecule has 2 aromatic carbocycles. The number of hydrogen-bond donors (Lipinski definition) is 2. The SMILES string of the molecule is Cc1nc(NC2CCC(NC(=O)c3ccc(OCc4ccccc4)cc3)CC2)cc(N(C)C)n1. The molecule has 1 fully saturated rings. The number of nitrogens with one attached hydrogen (secondary N) is 2. The van der Waals surface area contributed by atoms with Gasteiger partial charge in [0.15, 0.2) is 0 Å². The number of ether oxygens (including phenoxy) is 1. The number of hydrogen-bond acceptors (Lipinski definition) is 6. The van der Waals surface area contributed by atoms with Crippen molar-refractivity contribution in [2.24, 2.45) is 0 Å². The van der Waals surface area contributed by atoms with Crippen LogP contribution in [0.5, 0.6) is 5.75 Å². The Morgan fingerprint density at radius 3 is 2.32 bits per heavy atom. The van der Waals surface area contributed by atoms with Crippen LogP contribution in [-0.2, 0) is 6.61 Å². The normalized spacial score (nSPS) is 17.6. The number of anilines is 2. The van der Waals surface area contributed by atoms with Crippen LogP contribution in [0.2, 0.25) is 0 Å². The van der Waals surface area contributed by atoms with E-state index >= 15 is 0 Å². The Kier molecular flexibility index (Phi) is 7.62. The van der Waals surface area contributed by atoms with Gasteiger partial charge in [-0.3, -0.25) is 4.79 Å². The lowest BCUT2D eigenvalue weighted by Crippen LogP contribution is -2.40. The summed E-state index contributed by atoms with van der Waals surface area (Å²) in [5.74, 6) is 3.23. The molecule has 0 spiro atoms. The van der Waals surface area contributed by atoms with Gasteiger partial charge in [-0.25, -0.2) is 9.97 Å². The van der Waals surface area contributed by atoms with Crippen LogP contribution < -0.4 is 20.3 Å². The number of benzene rings is 2. The molecule has 4 rings (SSSR count). The summed E-state index contributed by atoms with van der Waals surface area (Å²) >= 11 is 0. The van der Waals surface area contributed by atoms with Crippen molar-refractivity contribution in [2.75, 3.05) is 24.3 Å². The summed E-state index contributed by atoms with van der Waals surface area (Å²) in [7, 11) is 3.95. The minimum absolute atomic E-state index is 0.0342. The van der Waals surface area contributed by atoms with Gasteiger partial charge in [-0.05, 0) is 62.4 Å². The second kappa shape index (κ2) is 11.0. The fourth-order valence-electron chi connectivity index (χ4n) is 4.16. The van der Waals surface area contributed by atoms with Crippen molar-refractivity contribution in [3.63, 3.8) is 0 Å². The van der Waals surface area contributed by atoms with Crippen LogP contribution in [0.3, 0.4) is 0 Å². The second-order valence-electron chi connectivity index (χ2n) is 9.02. The second-order valence-corrected chi connectivity index (χ2v) is 9.02. The molecule has 0 radical (unpaired) electrons. The van der Waals surface area contributed by atoms with Gasteiger partial charge in [0.05, 0.1) is 0 Å². The lowest BCUT2D eigenvalue weighted by atomic mass is 9.91. The van der Waals surface area contributed by atoms with E-state index in [0.29, 0.717) is 18.2 Å². The smallest absolute Gasteiger partial charge is 0.251 e. The molecule has 2 N–H and O–H groups in total. The predicted octanol–water partition coefficient (Wildman–Crippen LogP) is 4.58. The molecule has 3 aromatic rings. The maximum absolute atomic E-state index is 12.7. The molecular formula is C27H33N5O2.